The minimum Gasteiger partial charge on any atom is -0.245 e. The van der Waals surface area contributed by atoms with Crippen molar-refractivity contribution in [1.82, 2.24) is 0 Å². The Bertz CT molecular complexity index is 595. The predicted octanol–water partition coefficient (Wildman–Crippen LogP) is 7.27. The molecule has 0 aliphatic heterocycles. The first kappa shape index (κ1) is 30.6. The molecule has 22 heteroatoms. The fourth-order valence-corrected chi connectivity index (χ4v) is 1.29. The lowest BCUT2D eigenvalue weighted by atomic mass is 10.0. The number of hydrogen-bond donors (Lipinski definition) is 0. The van der Waals surface area contributed by atoms with Gasteiger partial charge in [0.25, 0.3) is 0 Å². The maximum Gasteiger partial charge on any atom is 0.434 e. The van der Waals surface area contributed by atoms with E-state index in [-0.39, 0.29) is 0 Å². The molecule has 0 radical (unpaired) electrons. The van der Waals surface area contributed by atoms with Crippen LogP contribution in [0.3, 0.4) is 0 Å². The first-order valence-corrected chi connectivity index (χ1v) is 7.68. The van der Waals surface area contributed by atoms with Crippen LogP contribution in [0.5, 0.6) is 0 Å². The monoisotopic (exact) mass is 640 g/mol. The minimum atomic E-state index is -8.46. The van der Waals surface area contributed by atoms with Gasteiger partial charge in [0.05, 0.1) is 0 Å². The molecule has 0 N–H and O–H groups in total. The molecule has 188 valence electrons. The van der Waals surface area contributed by atoms with E-state index in [1.165, 1.54) is 9.47 Å². The highest BCUT2D eigenvalue weighted by atomic mass is 79.9. The quantitative estimate of drug-likeness (QED) is 0.185. The lowest BCUT2D eigenvalue weighted by Gasteiger charge is -2.40. The van der Waals surface area contributed by atoms with Crippen molar-refractivity contribution in [2.45, 2.75) is 51.9 Å². The normalized spacial score (nSPS) is 16.6. The molecule has 0 aliphatic carbocycles. The van der Waals surface area contributed by atoms with Gasteiger partial charge >= 0.3 is 51.9 Å². The van der Waals surface area contributed by atoms with Crippen LogP contribution in [0.1, 0.15) is 0 Å². The fourth-order valence-electron chi connectivity index (χ4n) is 1.13. The summed E-state index contributed by atoms with van der Waals surface area (Å²) >= 11 is 1.14. The molecular weight excluding hydrogens is 642 g/mol. The first-order valence-electron chi connectivity index (χ1n) is 6.10. The number of halogens is 20. The van der Waals surface area contributed by atoms with Gasteiger partial charge in [0, 0.05) is 31.9 Å². The molecule has 0 aromatic heterocycles. The van der Waals surface area contributed by atoms with Crippen LogP contribution >= 0.6 is 31.9 Å². The third-order valence-corrected chi connectivity index (χ3v) is 3.62. The van der Waals surface area contributed by atoms with Crippen molar-refractivity contribution >= 4 is 31.9 Å². The van der Waals surface area contributed by atoms with Gasteiger partial charge in [0.15, 0.2) is 0 Å². The van der Waals surface area contributed by atoms with E-state index in [4.69, 9.17) is 0 Å². The van der Waals surface area contributed by atoms with Crippen molar-refractivity contribution in [3.05, 3.63) is 0 Å². The van der Waals surface area contributed by atoms with Crippen molar-refractivity contribution in [3.63, 3.8) is 0 Å². The van der Waals surface area contributed by atoms with Crippen LogP contribution in [-0.2, 0) is 9.47 Å². The highest BCUT2D eigenvalue weighted by Gasteiger charge is 2.90. The van der Waals surface area contributed by atoms with Crippen LogP contribution in [0, 0.1) is 0 Å². The summed E-state index contributed by atoms with van der Waals surface area (Å²) in [5.41, 5.74) is 0. The molecule has 0 aliphatic rings. The first-order chi connectivity index (χ1) is 12.9. The molecule has 0 heterocycles. The summed E-state index contributed by atoms with van der Waals surface area (Å²) in [5, 5.41) is 0. The van der Waals surface area contributed by atoms with Gasteiger partial charge in [-0.25, -0.2) is 9.47 Å². The van der Waals surface area contributed by atoms with Crippen molar-refractivity contribution in [3.8, 4) is 0 Å². The van der Waals surface area contributed by atoms with Crippen LogP contribution in [0.2, 0.25) is 0 Å². The van der Waals surface area contributed by atoms with Gasteiger partial charge in [-0.3, -0.25) is 0 Å². The molecule has 0 bridgehead atoms. The van der Waals surface area contributed by atoms with E-state index in [1.54, 1.807) is 0 Å². The Balaban J connectivity index is 6.36. The Kier molecular flexibility index (Phi) is 7.75. The van der Waals surface area contributed by atoms with Gasteiger partial charge < -0.3 is 0 Å². The molecule has 2 nitrogen and oxygen atoms in total. The zero-order chi connectivity index (χ0) is 25.9. The number of ether oxygens (including phenoxy) is 2. The molecule has 0 amide bonds. The molecule has 0 unspecified atom stereocenters. The Hall–Kier alpha value is -0.380. The second-order valence-corrected chi connectivity index (χ2v) is 6.98. The Morgan fingerprint density at radius 3 is 0.677 bits per heavy atom. The molecule has 0 atom stereocenters. The van der Waals surface area contributed by atoms with Crippen molar-refractivity contribution in [1.29, 1.82) is 0 Å². The van der Waals surface area contributed by atoms with Gasteiger partial charge in [-0.1, -0.05) is 0 Å². The number of hydrogen-bond acceptors (Lipinski definition) is 2. The SMILES string of the molecule is FC(F)(Br)C(F)(F)OC(F)(F)C(F)(F)C(F)(F)C(F)(F)C(F)(F)OC(F)(F)C(F)(F)Br. The molecule has 0 spiro atoms. The average Bonchev–Trinajstić information content (AvgIpc) is 2.41. The van der Waals surface area contributed by atoms with Crippen LogP contribution < -0.4 is 0 Å². The average molecular weight is 642 g/mol. The molecule has 0 saturated carbocycles. The summed E-state index contributed by atoms with van der Waals surface area (Å²) in [6.07, 6.45) is -29.5. The highest BCUT2D eigenvalue weighted by Crippen LogP contribution is 2.60. The van der Waals surface area contributed by atoms with E-state index >= 15 is 0 Å². The van der Waals surface area contributed by atoms with Crippen molar-refractivity contribution in [2.75, 3.05) is 0 Å². The van der Waals surface area contributed by atoms with Crippen molar-refractivity contribution in [2.24, 2.45) is 0 Å². The summed E-state index contributed by atoms with van der Waals surface area (Å²) in [7, 11) is 0. The maximum absolute atomic E-state index is 13.2. The van der Waals surface area contributed by atoms with Crippen LogP contribution in [0.15, 0.2) is 0 Å². The molecule has 0 fully saturated rings. The summed E-state index contributed by atoms with van der Waals surface area (Å²) in [6.45, 7) is 0. The standard InChI is InChI=1S/C9Br2F18O2/c10-4(18,19)8(26,27)30-6(22,23)2(14,15)1(12,13)3(16,17)7(24,25)31-9(28,29)5(11,20)21. The van der Waals surface area contributed by atoms with E-state index < -0.39 is 51.9 Å². The molecule has 0 rings (SSSR count). The summed E-state index contributed by atoms with van der Waals surface area (Å²) < 4.78 is 233. The van der Waals surface area contributed by atoms with Gasteiger partial charge in [-0.2, -0.15) is 79.0 Å². The van der Waals surface area contributed by atoms with E-state index in [9.17, 15) is 79.0 Å². The summed E-state index contributed by atoms with van der Waals surface area (Å²) in [5.74, 6) is -25.1. The molecule has 0 aromatic carbocycles. The van der Waals surface area contributed by atoms with Crippen LogP contribution in [-0.4, -0.2) is 51.9 Å². The fraction of sp³-hybridized carbons (Fsp3) is 1.00. The zero-order valence-corrected chi connectivity index (χ0v) is 16.0. The zero-order valence-electron chi connectivity index (χ0n) is 12.9. The third kappa shape index (κ3) is 5.25. The van der Waals surface area contributed by atoms with E-state index in [0.717, 1.165) is 0 Å². The van der Waals surface area contributed by atoms with Gasteiger partial charge in [0.1, 0.15) is 0 Å². The van der Waals surface area contributed by atoms with Gasteiger partial charge in [-0.05, 0) is 0 Å². The second kappa shape index (κ2) is 7.84. The Morgan fingerprint density at radius 1 is 0.323 bits per heavy atom. The molecular formula is C9Br2F18O2. The number of rotatable bonds is 10. The predicted molar refractivity (Wildman–Crippen MR) is 64.5 cm³/mol. The van der Waals surface area contributed by atoms with E-state index in [1.807, 2.05) is 0 Å². The lowest BCUT2D eigenvalue weighted by molar-refractivity contribution is -0.520. The summed E-state index contributed by atoms with van der Waals surface area (Å²) in [6, 6.07) is 0. The van der Waals surface area contributed by atoms with Crippen molar-refractivity contribution < 1.29 is 88.5 Å². The molecule has 0 saturated heterocycles. The second-order valence-electron chi connectivity index (χ2n) is 4.99. The molecule has 0 aromatic rings. The van der Waals surface area contributed by atoms with E-state index in [2.05, 4.69) is 0 Å². The van der Waals surface area contributed by atoms with E-state index in [0.29, 0.717) is 31.9 Å². The maximum atomic E-state index is 13.2. The third-order valence-electron chi connectivity index (χ3n) is 2.69. The lowest BCUT2D eigenvalue weighted by Crippen LogP contribution is -2.70. The highest BCUT2D eigenvalue weighted by molar-refractivity contribution is 9.10. The Morgan fingerprint density at radius 2 is 0.516 bits per heavy atom. The smallest absolute Gasteiger partial charge is 0.245 e. The topological polar surface area (TPSA) is 18.5 Å². The Labute approximate surface area is 173 Å². The molecule has 31 heavy (non-hydrogen) atoms. The van der Waals surface area contributed by atoms with Gasteiger partial charge in [-0.15, -0.1) is 0 Å². The van der Waals surface area contributed by atoms with Crippen LogP contribution in [0.4, 0.5) is 79.0 Å². The van der Waals surface area contributed by atoms with Crippen LogP contribution in [0.25, 0.3) is 0 Å². The number of alkyl halides is 20. The van der Waals surface area contributed by atoms with Gasteiger partial charge in [0.2, 0.25) is 0 Å². The largest absolute Gasteiger partial charge is 0.434 e. The summed E-state index contributed by atoms with van der Waals surface area (Å²) in [4.78, 5) is -12.1. The minimum absolute atomic E-state index is 0.572.